The van der Waals surface area contributed by atoms with Gasteiger partial charge in [0.1, 0.15) is 0 Å². The SMILES string of the molecule is NCCCc1cnn(-c2ccccc2)n1. The Balaban J connectivity index is 2.14. The first-order chi connectivity index (χ1) is 7.40. The first-order valence-corrected chi connectivity index (χ1v) is 5.07. The maximum absolute atomic E-state index is 5.44. The number of rotatable bonds is 4. The van der Waals surface area contributed by atoms with Gasteiger partial charge in [0.15, 0.2) is 0 Å². The molecule has 4 heteroatoms. The van der Waals surface area contributed by atoms with E-state index in [0.717, 1.165) is 24.2 Å². The Morgan fingerprint density at radius 1 is 1.20 bits per heavy atom. The van der Waals surface area contributed by atoms with Crippen LogP contribution in [0, 0.1) is 0 Å². The van der Waals surface area contributed by atoms with Crippen molar-refractivity contribution in [1.82, 2.24) is 15.0 Å². The minimum atomic E-state index is 0.693. The number of hydrogen-bond donors (Lipinski definition) is 1. The number of para-hydroxylation sites is 1. The molecule has 0 unspecified atom stereocenters. The zero-order chi connectivity index (χ0) is 10.5. The van der Waals surface area contributed by atoms with Crippen LogP contribution >= 0.6 is 0 Å². The van der Waals surface area contributed by atoms with Crippen molar-refractivity contribution in [2.75, 3.05) is 6.54 Å². The lowest BCUT2D eigenvalue weighted by Gasteiger charge is -1.97. The van der Waals surface area contributed by atoms with Gasteiger partial charge in [-0.3, -0.25) is 0 Å². The van der Waals surface area contributed by atoms with Crippen LogP contribution in [0.1, 0.15) is 12.1 Å². The predicted octanol–water partition coefficient (Wildman–Crippen LogP) is 1.16. The Morgan fingerprint density at radius 2 is 2.00 bits per heavy atom. The second-order valence-corrected chi connectivity index (χ2v) is 3.35. The van der Waals surface area contributed by atoms with Crippen LogP contribution in [0.3, 0.4) is 0 Å². The third-order valence-electron chi connectivity index (χ3n) is 2.16. The summed E-state index contributed by atoms with van der Waals surface area (Å²) in [5, 5.41) is 8.57. The molecule has 0 aliphatic carbocycles. The first kappa shape index (κ1) is 9.86. The van der Waals surface area contributed by atoms with Gasteiger partial charge < -0.3 is 5.73 Å². The summed E-state index contributed by atoms with van der Waals surface area (Å²) in [6, 6.07) is 9.87. The van der Waals surface area contributed by atoms with Crippen molar-refractivity contribution in [2.24, 2.45) is 5.73 Å². The van der Waals surface area contributed by atoms with E-state index in [1.807, 2.05) is 30.3 Å². The minimum Gasteiger partial charge on any atom is -0.330 e. The van der Waals surface area contributed by atoms with E-state index < -0.39 is 0 Å². The molecule has 1 aromatic heterocycles. The Bertz CT molecular complexity index is 408. The Kier molecular flexibility index (Phi) is 3.09. The van der Waals surface area contributed by atoms with Gasteiger partial charge in [-0.05, 0) is 31.5 Å². The summed E-state index contributed by atoms with van der Waals surface area (Å²) in [7, 11) is 0. The van der Waals surface area contributed by atoms with Crippen LogP contribution in [0.2, 0.25) is 0 Å². The molecule has 0 bridgehead atoms. The molecule has 2 N–H and O–H groups in total. The number of nitrogens with two attached hydrogens (primary N) is 1. The number of aromatic nitrogens is 3. The van der Waals surface area contributed by atoms with Crippen LogP contribution < -0.4 is 5.73 Å². The highest BCUT2D eigenvalue weighted by atomic mass is 15.5. The smallest absolute Gasteiger partial charge is 0.0856 e. The number of nitrogens with zero attached hydrogens (tertiary/aromatic N) is 3. The third kappa shape index (κ3) is 2.41. The largest absolute Gasteiger partial charge is 0.330 e. The van der Waals surface area contributed by atoms with Crippen molar-refractivity contribution < 1.29 is 0 Å². The van der Waals surface area contributed by atoms with Crippen LogP contribution in [0.5, 0.6) is 0 Å². The highest BCUT2D eigenvalue weighted by molar-refractivity contribution is 5.28. The van der Waals surface area contributed by atoms with Gasteiger partial charge in [-0.2, -0.15) is 15.0 Å². The zero-order valence-corrected chi connectivity index (χ0v) is 8.50. The summed E-state index contributed by atoms with van der Waals surface area (Å²) in [6.07, 6.45) is 3.64. The summed E-state index contributed by atoms with van der Waals surface area (Å²) >= 11 is 0. The Morgan fingerprint density at radius 3 is 2.73 bits per heavy atom. The average molecular weight is 202 g/mol. The average Bonchev–Trinajstić information content (AvgIpc) is 2.76. The quantitative estimate of drug-likeness (QED) is 0.809. The topological polar surface area (TPSA) is 56.7 Å². The van der Waals surface area contributed by atoms with E-state index in [4.69, 9.17) is 5.73 Å². The molecule has 0 fully saturated rings. The Hall–Kier alpha value is -1.68. The number of benzene rings is 1. The van der Waals surface area contributed by atoms with Gasteiger partial charge in [-0.1, -0.05) is 18.2 Å². The first-order valence-electron chi connectivity index (χ1n) is 5.07. The molecule has 1 heterocycles. The van der Waals surface area contributed by atoms with Gasteiger partial charge in [-0.25, -0.2) is 0 Å². The fourth-order valence-electron chi connectivity index (χ4n) is 1.38. The maximum atomic E-state index is 5.44. The molecule has 0 saturated heterocycles. The monoisotopic (exact) mass is 202 g/mol. The van der Waals surface area contributed by atoms with E-state index >= 15 is 0 Å². The molecule has 0 aliphatic rings. The predicted molar refractivity (Wildman–Crippen MR) is 58.7 cm³/mol. The van der Waals surface area contributed by atoms with Gasteiger partial charge >= 0.3 is 0 Å². The van der Waals surface area contributed by atoms with Crippen LogP contribution in [0.15, 0.2) is 36.5 Å². The highest BCUT2D eigenvalue weighted by Gasteiger charge is 2.01. The standard InChI is InChI=1S/C11H14N4/c12-8-4-5-10-9-13-15(14-10)11-6-2-1-3-7-11/h1-3,6-7,9H,4-5,8,12H2. The third-order valence-corrected chi connectivity index (χ3v) is 2.16. The molecule has 0 spiro atoms. The fourth-order valence-corrected chi connectivity index (χ4v) is 1.38. The molecule has 0 atom stereocenters. The second-order valence-electron chi connectivity index (χ2n) is 3.35. The van der Waals surface area contributed by atoms with Crippen LogP contribution in [0.25, 0.3) is 5.69 Å². The number of aryl methyl sites for hydroxylation is 1. The van der Waals surface area contributed by atoms with Crippen molar-refractivity contribution in [1.29, 1.82) is 0 Å². The molecule has 2 aromatic rings. The summed E-state index contributed by atoms with van der Waals surface area (Å²) in [4.78, 5) is 1.64. The van der Waals surface area contributed by atoms with E-state index in [2.05, 4.69) is 10.2 Å². The number of hydrogen-bond acceptors (Lipinski definition) is 3. The lowest BCUT2D eigenvalue weighted by Crippen LogP contribution is -2.02. The van der Waals surface area contributed by atoms with Gasteiger partial charge in [0.2, 0.25) is 0 Å². The van der Waals surface area contributed by atoms with Crippen molar-refractivity contribution in [3.05, 3.63) is 42.2 Å². The van der Waals surface area contributed by atoms with Crippen molar-refractivity contribution in [2.45, 2.75) is 12.8 Å². The van der Waals surface area contributed by atoms with Crippen LogP contribution in [-0.4, -0.2) is 21.5 Å². The molecule has 0 radical (unpaired) electrons. The summed E-state index contributed by atoms with van der Waals surface area (Å²) < 4.78 is 0. The Labute approximate surface area is 88.7 Å². The van der Waals surface area contributed by atoms with Gasteiger partial charge in [-0.15, -0.1) is 0 Å². The summed E-state index contributed by atoms with van der Waals surface area (Å²) in [5.41, 5.74) is 7.41. The van der Waals surface area contributed by atoms with E-state index in [1.54, 1.807) is 11.0 Å². The summed E-state index contributed by atoms with van der Waals surface area (Å²) in [6.45, 7) is 0.693. The van der Waals surface area contributed by atoms with Gasteiger partial charge in [0, 0.05) is 0 Å². The minimum absolute atomic E-state index is 0.693. The van der Waals surface area contributed by atoms with Gasteiger partial charge in [0.25, 0.3) is 0 Å². The van der Waals surface area contributed by atoms with Crippen molar-refractivity contribution >= 4 is 0 Å². The van der Waals surface area contributed by atoms with Crippen LogP contribution in [0.4, 0.5) is 0 Å². The molecule has 1 aromatic carbocycles. The lowest BCUT2D eigenvalue weighted by molar-refractivity contribution is 0.725. The zero-order valence-electron chi connectivity index (χ0n) is 8.50. The summed E-state index contributed by atoms with van der Waals surface area (Å²) in [5.74, 6) is 0. The lowest BCUT2D eigenvalue weighted by atomic mass is 10.2. The van der Waals surface area contributed by atoms with Gasteiger partial charge in [0.05, 0.1) is 17.6 Å². The highest BCUT2D eigenvalue weighted by Crippen LogP contribution is 2.04. The van der Waals surface area contributed by atoms with Crippen molar-refractivity contribution in [3.63, 3.8) is 0 Å². The maximum Gasteiger partial charge on any atom is 0.0856 e. The second kappa shape index (κ2) is 4.70. The van der Waals surface area contributed by atoms with E-state index in [1.165, 1.54) is 0 Å². The van der Waals surface area contributed by atoms with E-state index in [9.17, 15) is 0 Å². The van der Waals surface area contributed by atoms with Crippen LogP contribution in [-0.2, 0) is 6.42 Å². The fraction of sp³-hybridized carbons (Fsp3) is 0.273. The molecule has 78 valence electrons. The normalized spacial score (nSPS) is 10.5. The molecule has 0 aliphatic heterocycles. The molecule has 0 saturated carbocycles. The molecule has 15 heavy (non-hydrogen) atoms. The molecular formula is C11H14N4. The molecule has 0 amide bonds. The molecule has 2 rings (SSSR count). The van der Waals surface area contributed by atoms with E-state index in [0.29, 0.717) is 6.54 Å². The molecule has 4 nitrogen and oxygen atoms in total. The van der Waals surface area contributed by atoms with E-state index in [-0.39, 0.29) is 0 Å². The van der Waals surface area contributed by atoms with Crippen molar-refractivity contribution in [3.8, 4) is 5.69 Å². The molecular weight excluding hydrogens is 188 g/mol.